The summed E-state index contributed by atoms with van der Waals surface area (Å²) in [5.41, 5.74) is 7.15. The van der Waals surface area contributed by atoms with Gasteiger partial charge in [0.2, 0.25) is 0 Å². The summed E-state index contributed by atoms with van der Waals surface area (Å²) in [5.74, 6) is 2.22. The minimum absolute atomic E-state index is 0.466. The number of nitrogens with zero attached hydrogens (tertiary/aromatic N) is 3. The average molecular weight is 384 g/mol. The maximum absolute atomic E-state index is 4.43. The van der Waals surface area contributed by atoms with E-state index in [9.17, 15) is 0 Å². The molecule has 3 aromatic rings. The Balaban J connectivity index is 1.64. The second-order valence-electron chi connectivity index (χ2n) is 8.61. The highest BCUT2D eigenvalue weighted by molar-refractivity contribution is 5.86. The fraction of sp³-hybridized carbons (Fsp3) is 0.346. The molecule has 1 aliphatic heterocycles. The molecular formula is C26H29N3. The molecule has 0 radical (unpaired) electrons. The molecule has 0 amide bonds. The zero-order valence-corrected chi connectivity index (χ0v) is 17.4. The molecule has 1 aromatic heterocycles. The lowest BCUT2D eigenvalue weighted by Crippen LogP contribution is -2.33. The first-order valence-corrected chi connectivity index (χ1v) is 10.8. The number of likely N-dealkylation sites (tertiary alicyclic amines) is 1. The van der Waals surface area contributed by atoms with E-state index in [0.29, 0.717) is 11.8 Å². The van der Waals surface area contributed by atoms with Gasteiger partial charge in [0.05, 0.1) is 0 Å². The van der Waals surface area contributed by atoms with Gasteiger partial charge in [0.15, 0.2) is 0 Å². The summed E-state index contributed by atoms with van der Waals surface area (Å²) in [6.45, 7) is 5.33. The van der Waals surface area contributed by atoms with Crippen LogP contribution in [0.1, 0.15) is 46.8 Å². The van der Waals surface area contributed by atoms with Gasteiger partial charge in [0.1, 0.15) is 5.82 Å². The van der Waals surface area contributed by atoms with Crippen molar-refractivity contribution in [2.45, 2.75) is 32.2 Å². The Morgan fingerprint density at radius 3 is 2.45 bits per heavy atom. The van der Waals surface area contributed by atoms with Crippen molar-refractivity contribution in [1.29, 1.82) is 0 Å². The molecule has 0 saturated carbocycles. The molecule has 0 N–H and O–H groups in total. The van der Waals surface area contributed by atoms with Gasteiger partial charge in [-0.05, 0) is 79.7 Å². The lowest BCUT2D eigenvalue weighted by Gasteiger charge is -2.35. The number of benzene rings is 2. The van der Waals surface area contributed by atoms with Crippen LogP contribution >= 0.6 is 0 Å². The van der Waals surface area contributed by atoms with E-state index in [-0.39, 0.29) is 0 Å². The minimum Gasteiger partial charge on any atom is -0.331 e. The second kappa shape index (κ2) is 7.64. The molecule has 1 atom stereocenters. The fourth-order valence-corrected chi connectivity index (χ4v) is 5.17. The Morgan fingerprint density at radius 1 is 0.966 bits per heavy atom. The van der Waals surface area contributed by atoms with Gasteiger partial charge in [0, 0.05) is 24.9 Å². The van der Waals surface area contributed by atoms with Crippen molar-refractivity contribution in [2.24, 2.45) is 5.92 Å². The number of allylic oxidation sites excluding steroid dienone is 1. The van der Waals surface area contributed by atoms with Crippen LogP contribution in [-0.2, 0) is 6.54 Å². The first-order chi connectivity index (χ1) is 14.2. The molecular weight excluding hydrogens is 354 g/mol. The van der Waals surface area contributed by atoms with Crippen molar-refractivity contribution in [3.8, 4) is 0 Å². The molecule has 29 heavy (non-hydrogen) atoms. The average Bonchev–Trinajstić information content (AvgIpc) is 3.08. The van der Waals surface area contributed by atoms with E-state index >= 15 is 0 Å². The summed E-state index contributed by atoms with van der Waals surface area (Å²) < 4.78 is 2.25. The lowest BCUT2D eigenvalue weighted by molar-refractivity contribution is 0.207. The van der Waals surface area contributed by atoms with E-state index in [1.807, 2.05) is 6.20 Å². The molecule has 2 aliphatic rings. The molecule has 2 heterocycles. The molecule has 1 saturated heterocycles. The summed E-state index contributed by atoms with van der Waals surface area (Å²) >= 11 is 0. The van der Waals surface area contributed by atoms with Gasteiger partial charge in [0.25, 0.3) is 0 Å². The number of hydrogen-bond donors (Lipinski definition) is 0. The van der Waals surface area contributed by atoms with E-state index in [0.717, 1.165) is 12.4 Å². The number of aryl methyl sites for hydroxylation is 1. The van der Waals surface area contributed by atoms with Crippen molar-refractivity contribution < 1.29 is 0 Å². The quantitative estimate of drug-likeness (QED) is 0.618. The summed E-state index contributed by atoms with van der Waals surface area (Å²) in [5, 5.41) is 0. The zero-order valence-electron chi connectivity index (χ0n) is 17.4. The highest BCUT2D eigenvalue weighted by Gasteiger charge is 2.32. The van der Waals surface area contributed by atoms with Gasteiger partial charge in [-0.2, -0.15) is 0 Å². The number of hydrogen-bond acceptors (Lipinski definition) is 2. The third-order valence-electron chi connectivity index (χ3n) is 6.80. The third-order valence-corrected chi connectivity index (χ3v) is 6.80. The van der Waals surface area contributed by atoms with Crippen LogP contribution in [0.2, 0.25) is 0 Å². The highest BCUT2D eigenvalue weighted by Crippen LogP contribution is 2.45. The molecule has 1 unspecified atom stereocenters. The van der Waals surface area contributed by atoms with Crippen LogP contribution in [0.5, 0.6) is 0 Å². The van der Waals surface area contributed by atoms with Crippen LogP contribution < -0.4 is 0 Å². The normalized spacial score (nSPS) is 19.9. The molecule has 3 nitrogen and oxygen atoms in total. The van der Waals surface area contributed by atoms with Gasteiger partial charge in [-0.1, -0.05) is 48.5 Å². The molecule has 148 valence electrons. The van der Waals surface area contributed by atoms with Crippen LogP contribution in [0.15, 0.2) is 60.9 Å². The molecule has 3 heteroatoms. The summed E-state index contributed by atoms with van der Waals surface area (Å²) in [7, 11) is 2.25. The van der Waals surface area contributed by atoms with Crippen molar-refractivity contribution in [3.05, 3.63) is 89.0 Å². The van der Waals surface area contributed by atoms with Crippen molar-refractivity contribution in [2.75, 3.05) is 20.1 Å². The Labute approximate surface area is 173 Å². The molecule has 0 bridgehead atoms. The standard InChI is InChI=1S/C26H29N3/c1-19-27-13-16-29(19)18-22-17-21-7-3-4-9-24(21)26(20-11-14-28(2)15-12-20)25-10-6-5-8-23(22)25/h3-10,13,16-17,20,26H,11-12,14-15,18H2,1-2H3. The van der Waals surface area contributed by atoms with E-state index < -0.39 is 0 Å². The largest absolute Gasteiger partial charge is 0.331 e. The Morgan fingerprint density at radius 2 is 1.69 bits per heavy atom. The van der Waals surface area contributed by atoms with Crippen LogP contribution in [0, 0.1) is 12.8 Å². The van der Waals surface area contributed by atoms with Crippen molar-refractivity contribution >= 4 is 11.6 Å². The Bertz CT molecular complexity index is 1040. The maximum Gasteiger partial charge on any atom is 0.105 e. The molecule has 0 spiro atoms. The molecule has 2 aromatic carbocycles. The Hall–Kier alpha value is -2.65. The van der Waals surface area contributed by atoms with Gasteiger partial charge in [-0.3, -0.25) is 0 Å². The lowest BCUT2D eigenvalue weighted by atomic mass is 9.74. The monoisotopic (exact) mass is 383 g/mol. The number of imidazole rings is 1. The topological polar surface area (TPSA) is 21.1 Å². The number of piperidine rings is 1. The van der Waals surface area contributed by atoms with Gasteiger partial charge < -0.3 is 9.47 Å². The van der Waals surface area contributed by atoms with E-state index in [1.165, 1.54) is 53.8 Å². The first-order valence-electron chi connectivity index (χ1n) is 10.8. The van der Waals surface area contributed by atoms with Crippen LogP contribution in [0.25, 0.3) is 11.6 Å². The zero-order chi connectivity index (χ0) is 19.8. The van der Waals surface area contributed by atoms with Gasteiger partial charge in [-0.25, -0.2) is 4.98 Å². The smallest absolute Gasteiger partial charge is 0.105 e. The molecule has 1 fully saturated rings. The highest BCUT2D eigenvalue weighted by atomic mass is 15.1. The van der Waals surface area contributed by atoms with E-state index in [1.54, 1.807) is 0 Å². The van der Waals surface area contributed by atoms with Crippen LogP contribution in [-0.4, -0.2) is 34.6 Å². The number of fused-ring (bicyclic) bond motifs is 2. The summed E-state index contributed by atoms with van der Waals surface area (Å²) in [6, 6.07) is 18.1. The van der Waals surface area contributed by atoms with Crippen LogP contribution in [0.4, 0.5) is 0 Å². The SMILES string of the molecule is Cc1nccn1CC1=Cc2ccccc2C(C2CCN(C)CC2)c2ccccc21. The van der Waals surface area contributed by atoms with E-state index in [2.05, 4.69) is 89.2 Å². The first kappa shape index (κ1) is 18.4. The van der Waals surface area contributed by atoms with E-state index in [4.69, 9.17) is 0 Å². The second-order valence-corrected chi connectivity index (χ2v) is 8.61. The van der Waals surface area contributed by atoms with Crippen LogP contribution in [0.3, 0.4) is 0 Å². The number of aromatic nitrogens is 2. The summed E-state index contributed by atoms with van der Waals surface area (Å²) in [6.07, 6.45) is 8.93. The fourth-order valence-electron chi connectivity index (χ4n) is 5.17. The third kappa shape index (κ3) is 3.44. The minimum atomic E-state index is 0.466. The number of rotatable bonds is 3. The van der Waals surface area contributed by atoms with Crippen molar-refractivity contribution in [3.63, 3.8) is 0 Å². The van der Waals surface area contributed by atoms with Gasteiger partial charge in [-0.15, -0.1) is 0 Å². The summed E-state index contributed by atoms with van der Waals surface area (Å²) in [4.78, 5) is 6.90. The maximum atomic E-state index is 4.43. The molecule has 1 aliphatic carbocycles. The van der Waals surface area contributed by atoms with Crippen molar-refractivity contribution in [1.82, 2.24) is 14.5 Å². The predicted molar refractivity (Wildman–Crippen MR) is 120 cm³/mol. The predicted octanol–water partition coefficient (Wildman–Crippen LogP) is 5.22. The van der Waals surface area contributed by atoms with Gasteiger partial charge >= 0.3 is 0 Å². The Kier molecular flexibility index (Phi) is 4.84. The molecule has 5 rings (SSSR count).